The molecule has 0 fully saturated rings. The number of ether oxygens (including phenoxy) is 1. The standard InChI is InChI=1S/C14H11BrN2O2/c1-18-10-6-11(15)13-12(7-10)17-14(19-13)8-2-4-9(16)5-3-8/h2-7H,16H2,1H3. The number of hydrogen-bond donors (Lipinski definition) is 1. The molecule has 5 heteroatoms. The number of anilines is 1. The third-order valence-electron chi connectivity index (χ3n) is 2.81. The number of benzene rings is 2. The number of oxazole rings is 1. The summed E-state index contributed by atoms with van der Waals surface area (Å²) < 4.78 is 11.8. The largest absolute Gasteiger partial charge is 0.497 e. The lowest BCUT2D eigenvalue weighted by Crippen LogP contribution is -1.84. The zero-order valence-electron chi connectivity index (χ0n) is 10.2. The van der Waals surface area contributed by atoms with Crippen molar-refractivity contribution < 1.29 is 9.15 Å². The molecule has 2 N–H and O–H groups in total. The topological polar surface area (TPSA) is 61.3 Å². The van der Waals surface area contributed by atoms with Crippen LogP contribution in [0.3, 0.4) is 0 Å². The Kier molecular flexibility index (Phi) is 2.91. The first-order chi connectivity index (χ1) is 9.17. The average Bonchev–Trinajstić information content (AvgIpc) is 2.84. The van der Waals surface area contributed by atoms with Crippen molar-refractivity contribution in [1.29, 1.82) is 0 Å². The minimum Gasteiger partial charge on any atom is -0.497 e. The summed E-state index contributed by atoms with van der Waals surface area (Å²) in [6.45, 7) is 0. The maximum Gasteiger partial charge on any atom is 0.227 e. The second-order valence-corrected chi connectivity index (χ2v) is 4.95. The third-order valence-corrected chi connectivity index (χ3v) is 3.40. The van der Waals surface area contributed by atoms with Crippen molar-refractivity contribution in [2.75, 3.05) is 12.8 Å². The number of nitrogens with two attached hydrogens (primary N) is 1. The zero-order chi connectivity index (χ0) is 13.4. The molecule has 0 aliphatic rings. The molecule has 0 atom stereocenters. The number of aromatic nitrogens is 1. The first-order valence-electron chi connectivity index (χ1n) is 5.67. The molecular formula is C14H11BrN2O2. The van der Waals surface area contributed by atoms with E-state index < -0.39 is 0 Å². The van der Waals surface area contributed by atoms with E-state index in [0.29, 0.717) is 17.2 Å². The number of rotatable bonds is 2. The Bertz CT molecular complexity index is 735. The first-order valence-corrected chi connectivity index (χ1v) is 6.46. The number of nitrogen functional groups attached to an aromatic ring is 1. The molecule has 0 unspecified atom stereocenters. The van der Waals surface area contributed by atoms with Gasteiger partial charge in [-0.3, -0.25) is 0 Å². The highest BCUT2D eigenvalue weighted by atomic mass is 79.9. The predicted octanol–water partition coefficient (Wildman–Crippen LogP) is 3.85. The Morgan fingerprint density at radius 2 is 1.95 bits per heavy atom. The van der Waals surface area contributed by atoms with E-state index in [-0.39, 0.29) is 0 Å². The molecule has 0 amide bonds. The summed E-state index contributed by atoms with van der Waals surface area (Å²) >= 11 is 3.45. The molecule has 0 bridgehead atoms. The van der Waals surface area contributed by atoms with Crippen molar-refractivity contribution in [2.24, 2.45) is 0 Å². The molecule has 0 spiro atoms. The fourth-order valence-electron chi connectivity index (χ4n) is 1.83. The second kappa shape index (κ2) is 4.59. The lowest BCUT2D eigenvalue weighted by Gasteiger charge is -1.98. The molecule has 0 radical (unpaired) electrons. The van der Waals surface area contributed by atoms with Gasteiger partial charge in [-0.2, -0.15) is 0 Å². The molecule has 0 aliphatic carbocycles. The number of fused-ring (bicyclic) bond motifs is 1. The molecule has 4 nitrogen and oxygen atoms in total. The summed E-state index contributed by atoms with van der Waals surface area (Å²) in [5.41, 5.74) is 8.71. The Morgan fingerprint density at radius 3 is 2.63 bits per heavy atom. The van der Waals surface area contributed by atoms with Gasteiger partial charge in [0.2, 0.25) is 5.89 Å². The molecule has 0 aliphatic heterocycles. The van der Waals surface area contributed by atoms with Crippen LogP contribution in [0, 0.1) is 0 Å². The number of halogens is 1. The van der Waals surface area contributed by atoms with Crippen molar-refractivity contribution in [2.45, 2.75) is 0 Å². The lowest BCUT2D eigenvalue weighted by molar-refractivity contribution is 0.415. The van der Waals surface area contributed by atoms with Gasteiger partial charge in [0.25, 0.3) is 0 Å². The smallest absolute Gasteiger partial charge is 0.227 e. The van der Waals surface area contributed by atoms with Crippen molar-refractivity contribution in [1.82, 2.24) is 4.98 Å². The Hall–Kier alpha value is -2.01. The van der Waals surface area contributed by atoms with E-state index in [1.54, 1.807) is 7.11 Å². The second-order valence-electron chi connectivity index (χ2n) is 4.10. The fraction of sp³-hybridized carbons (Fsp3) is 0.0714. The number of hydrogen-bond acceptors (Lipinski definition) is 4. The van der Waals surface area contributed by atoms with Crippen LogP contribution in [0.15, 0.2) is 45.3 Å². The van der Waals surface area contributed by atoms with Crippen LogP contribution in [0.4, 0.5) is 5.69 Å². The van der Waals surface area contributed by atoms with Gasteiger partial charge in [0.1, 0.15) is 11.3 Å². The summed E-state index contributed by atoms with van der Waals surface area (Å²) in [4.78, 5) is 4.46. The van der Waals surface area contributed by atoms with Crippen molar-refractivity contribution in [3.05, 3.63) is 40.9 Å². The Morgan fingerprint density at radius 1 is 1.21 bits per heavy atom. The highest BCUT2D eigenvalue weighted by Crippen LogP contribution is 2.33. The predicted molar refractivity (Wildman–Crippen MR) is 78.1 cm³/mol. The number of methoxy groups -OCH3 is 1. The van der Waals surface area contributed by atoms with Crippen LogP contribution in [-0.2, 0) is 0 Å². The van der Waals surface area contributed by atoms with Crippen LogP contribution < -0.4 is 10.5 Å². The number of nitrogens with zero attached hydrogens (tertiary/aromatic N) is 1. The van der Waals surface area contributed by atoms with Gasteiger partial charge in [-0.15, -0.1) is 0 Å². The molecule has 1 aromatic heterocycles. The molecule has 0 saturated carbocycles. The molecule has 96 valence electrons. The van der Waals surface area contributed by atoms with Crippen LogP contribution in [0.25, 0.3) is 22.6 Å². The Labute approximate surface area is 118 Å². The van der Waals surface area contributed by atoms with E-state index in [0.717, 1.165) is 21.3 Å². The molecule has 3 rings (SSSR count). The summed E-state index contributed by atoms with van der Waals surface area (Å²) in [7, 11) is 1.62. The van der Waals surface area contributed by atoms with Crippen molar-refractivity contribution in [3.63, 3.8) is 0 Å². The van der Waals surface area contributed by atoms with Gasteiger partial charge in [-0.1, -0.05) is 0 Å². The van der Waals surface area contributed by atoms with Gasteiger partial charge in [0.05, 0.1) is 11.6 Å². The van der Waals surface area contributed by atoms with Gasteiger partial charge >= 0.3 is 0 Å². The van der Waals surface area contributed by atoms with Gasteiger partial charge < -0.3 is 14.9 Å². The molecule has 1 heterocycles. The summed E-state index contributed by atoms with van der Waals surface area (Å²) in [6, 6.07) is 11.1. The highest BCUT2D eigenvalue weighted by Gasteiger charge is 2.12. The minimum absolute atomic E-state index is 0.559. The average molecular weight is 319 g/mol. The van der Waals surface area contributed by atoms with E-state index >= 15 is 0 Å². The van der Waals surface area contributed by atoms with Crippen LogP contribution >= 0.6 is 15.9 Å². The maximum atomic E-state index is 5.77. The van der Waals surface area contributed by atoms with Crippen molar-refractivity contribution in [3.8, 4) is 17.2 Å². The van der Waals surface area contributed by atoms with Gasteiger partial charge in [-0.25, -0.2) is 4.98 Å². The van der Waals surface area contributed by atoms with Crippen LogP contribution in [0.5, 0.6) is 5.75 Å². The zero-order valence-corrected chi connectivity index (χ0v) is 11.8. The van der Waals surface area contributed by atoms with Crippen molar-refractivity contribution >= 4 is 32.7 Å². The highest BCUT2D eigenvalue weighted by molar-refractivity contribution is 9.10. The van der Waals surface area contributed by atoms with Gasteiger partial charge in [0, 0.05) is 17.3 Å². The minimum atomic E-state index is 0.559. The fourth-order valence-corrected chi connectivity index (χ4v) is 2.34. The molecule has 19 heavy (non-hydrogen) atoms. The SMILES string of the molecule is COc1cc(Br)c2oc(-c3ccc(N)cc3)nc2c1. The molecular weight excluding hydrogens is 308 g/mol. The summed E-state index contributed by atoms with van der Waals surface area (Å²) in [5.74, 6) is 1.29. The summed E-state index contributed by atoms with van der Waals surface area (Å²) in [6.07, 6.45) is 0. The lowest BCUT2D eigenvalue weighted by atomic mass is 10.2. The van der Waals surface area contributed by atoms with Gasteiger partial charge in [0.15, 0.2) is 5.58 Å². The molecule has 3 aromatic rings. The molecule has 2 aromatic carbocycles. The summed E-state index contributed by atoms with van der Waals surface area (Å²) in [5, 5.41) is 0. The van der Waals surface area contributed by atoms with Gasteiger partial charge in [-0.05, 0) is 46.3 Å². The maximum absolute atomic E-state index is 5.77. The monoisotopic (exact) mass is 318 g/mol. The Balaban J connectivity index is 2.16. The van der Waals surface area contributed by atoms with E-state index in [1.807, 2.05) is 36.4 Å². The van der Waals surface area contributed by atoms with E-state index in [4.69, 9.17) is 14.9 Å². The normalized spacial score (nSPS) is 10.8. The molecule has 0 saturated heterocycles. The van der Waals surface area contributed by atoms with E-state index in [1.165, 1.54) is 0 Å². The third kappa shape index (κ3) is 2.17. The van der Waals surface area contributed by atoms with Crippen LogP contribution in [-0.4, -0.2) is 12.1 Å². The van der Waals surface area contributed by atoms with E-state index in [9.17, 15) is 0 Å². The quantitative estimate of drug-likeness (QED) is 0.729. The van der Waals surface area contributed by atoms with Crippen LogP contribution in [0.2, 0.25) is 0 Å². The van der Waals surface area contributed by atoms with Crippen LogP contribution in [0.1, 0.15) is 0 Å². The first kappa shape index (κ1) is 12.0. The van der Waals surface area contributed by atoms with E-state index in [2.05, 4.69) is 20.9 Å².